The molecule has 0 bridgehead atoms. The summed E-state index contributed by atoms with van der Waals surface area (Å²) in [5, 5.41) is 8.88. The maximum atomic E-state index is 13.3. The van der Waals surface area contributed by atoms with Gasteiger partial charge in [-0.15, -0.1) is 0 Å². The molecule has 0 fully saturated rings. The molecule has 1 N–H and O–H groups in total. The zero-order valence-corrected chi connectivity index (χ0v) is 20.7. The van der Waals surface area contributed by atoms with Crippen molar-refractivity contribution in [2.75, 3.05) is 19.4 Å². The fraction of sp³-hybridized carbons (Fsp3) is 0.280. The quantitative estimate of drug-likeness (QED) is 0.428. The van der Waals surface area contributed by atoms with E-state index in [9.17, 15) is 4.79 Å². The number of nitrogens with one attached hydrogen (secondary N) is 1. The van der Waals surface area contributed by atoms with E-state index in [1.54, 1.807) is 18.2 Å². The maximum absolute atomic E-state index is 13.3. The van der Waals surface area contributed by atoms with Crippen LogP contribution in [0.3, 0.4) is 0 Å². The van der Waals surface area contributed by atoms with Crippen LogP contribution in [0.2, 0.25) is 10.0 Å². The van der Waals surface area contributed by atoms with Gasteiger partial charge in [0.05, 0.1) is 21.1 Å². The van der Waals surface area contributed by atoms with Gasteiger partial charge in [0.25, 0.3) is 5.56 Å². The van der Waals surface area contributed by atoms with Gasteiger partial charge in [-0.25, -0.2) is 9.97 Å². The molecular formula is C25H24Cl2N6O. The lowest BCUT2D eigenvalue weighted by molar-refractivity contribution is 0.303. The van der Waals surface area contributed by atoms with E-state index in [2.05, 4.69) is 51.5 Å². The molecule has 2 aromatic heterocycles. The summed E-state index contributed by atoms with van der Waals surface area (Å²) in [4.78, 5) is 24.6. The minimum absolute atomic E-state index is 0.343. The fourth-order valence-electron chi connectivity index (χ4n) is 4.39. The van der Waals surface area contributed by atoms with Crippen LogP contribution >= 0.6 is 23.2 Å². The zero-order chi connectivity index (χ0) is 24.0. The average molecular weight is 495 g/mol. The Morgan fingerprint density at radius 2 is 1.85 bits per heavy atom. The van der Waals surface area contributed by atoms with Gasteiger partial charge in [0.15, 0.2) is 0 Å². The number of fused-ring (bicyclic) bond motifs is 2. The number of aromatic nitrogens is 4. The van der Waals surface area contributed by atoms with Crippen molar-refractivity contribution in [3.05, 3.63) is 79.8 Å². The number of nitrogens with zero attached hydrogens (tertiary/aromatic N) is 5. The lowest BCUT2D eigenvalue weighted by Crippen LogP contribution is -2.27. The first-order valence-corrected chi connectivity index (χ1v) is 11.9. The van der Waals surface area contributed by atoms with Crippen LogP contribution in [0.4, 0.5) is 11.6 Å². The molecule has 9 heteroatoms. The van der Waals surface area contributed by atoms with Crippen LogP contribution in [0.15, 0.2) is 47.4 Å². The number of rotatable bonds is 5. The van der Waals surface area contributed by atoms with Crippen molar-refractivity contribution in [1.29, 1.82) is 0 Å². The van der Waals surface area contributed by atoms with Crippen molar-refractivity contribution >= 4 is 45.7 Å². The lowest BCUT2D eigenvalue weighted by Gasteiger charge is -2.17. The Hall–Kier alpha value is -3.00. The van der Waals surface area contributed by atoms with Crippen molar-refractivity contribution in [1.82, 2.24) is 24.6 Å². The Morgan fingerprint density at radius 1 is 1.12 bits per heavy atom. The molecular weight excluding hydrogens is 471 g/mol. The van der Waals surface area contributed by atoms with Crippen molar-refractivity contribution in [3.63, 3.8) is 0 Å². The van der Waals surface area contributed by atoms with Crippen LogP contribution in [-0.2, 0) is 19.3 Å². The highest BCUT2D eigenvalue weighted by Gasteiger charge is 2.23. The van der Waals surface area contributed by atoms with Gasteiger partial charge in [0, 0.05) is 17.9 Å². The van der Waals surface area contributed by atoms with Crippen LogP contribution in [0.5, 0.6) is 0 Å². The average Bonchev–Trinajstić information content (AvgIpc) is 3.24. The van der Waals surface area contributed by atoms with E-state index in [0.29, 0.717) is 50.7 Å². The number of aryl methyl sites for hydroxylation is 1. The first-order chi connectivity index (χ1) is 16.4. The van der Waals surface area contributed by atoms with Gasteiger partial charge in [-0.2, -0.15) is 9.78 Å². The van der Waals surface area contributed by atoms with Gasteiger partial charge >= 0.3 is 0 Å². The van der Waals surface area contributed by atoms with Crippen molar-refractivity contribution in [3.8, 4) is 5.69 Å². The van der Waals surface area contributed by atoms with Crippen molar-refractivity contribution in [2.24, 2.45) is 0 Å². The molecule has 1 atom stereocenters. The van der Waals surface area contributed by atoms with Gasteiger partial charge < -0.3 is 10.2 Å². The molecule has 0 spiro atoms. The second kappa shape index (κ2) is 8.98. The monoisotopic (exact) mass is 494 g/mol. The largest absolute Gasteiger partial charge is 0.324 e. The number of hydrogen-bond donors (Lipinski definition) is 1. The van der Waals surface area contributed by atoms with E-state index in [1.807, 2.05) is 13.0 Å². The number of anilines is 2. The van der Waals surface area contributed by atoms with Gasteiger partial charge in [0.1, 0.15) is 11.2 Å². The van der Waals surface area contributed by atoms with Gasteiger partial charge in [-0.05, 0) is 68.8 Å². The third-order valence-corrected chi connectivity index (χ3v) is 6.90. The molecule has 0 amide bonds. The Balaban J connectivity index is 1.53. The number of likely N-dealkylation sites (N-methyl/N-ethyl adjacent to an activating group) is 1. The van der Waals surface area contributed by atoms with Crippen molar-refractivity contribution < 1.29 is 0 Å². The normalized spacial score (nSPS) is 15.2. The number of hydrogen-bond acceptors (Lipinski definition) is 6. The summed E-state index contributed by atoms with van der Waals surface area (Å²) in [6.45, 7) is 1.96. The van der Waals surface area contributed by atoms with Gasteiger partial charge in [-0.3, -0.25) is 4.79 Å². The minimum Gasteiger partial charge on any atom is -0.324 e. The molecule has 4 aromatic rings. The zero-order valence-electron chi connectivity index (χ0n) is 19.1. The summed E-state index contributed by atoms with van der Waals surface area (Å²) in [7, 11) is 4.23. The van der Waals surface area contributed by atoms with Crippen LogP contribution in [0.25, 0.3) is 16.6 Å². The summed E-state index contributed by atoms with van der Waals surface area (Å²) in [6.07, 6.45) is 4.18. The standard InChI is InChI=1S/C25H24Cl2N6O/c1-4-21-22-18(24(34)33(31-21)23-19(26)6-5-7-20(23)27)13-28-25(30-22)29-16-9-8-14-11-17(32(2)3)12-15(14)10-16/h5-10,13,17H,4,11-12H2,1-3H3,(H,28,29,30). The third kappa shape index (κ3) is 4.04. The van der Waals surface area contributed by atoms with Crippen molar-refractivity contribution in [2.45, 2.75) is 32.2 Å². The third-order valence-electron chi connectivity index (χ3n) is 6.29. The van der Waals surface area contributed by atoms with Gasteiger partial charge in [0.2, 0.25) is 5.95 Å². The second-order valence-corrected chi connectivity index (χ2v) is 9.49. The Kier molecular flexibility index (Phi) is 6.02. The van der Waals surface area contributed by atoms with Crippen LogP contribution in [0.1, 0.15) is 23.7 Å². The molecule has 2 heterocycles. The maximum Gasteiger partial charge on any atom is 0.282 e. The number of halogens is 2. The Labute approximate surface area is 207 Å². The molecule has 1 unspecified atom stereocenters. The highest BCUT2D eigenvalue weighted by Crippen LogP contribution is 2.29. The molecule has 0 saturated carbocycles. The SMILES string of the molecule is CCc1nn(-c2c(Cl)cccc2Cl)c(=O)c2cnc(Nc3ccc4c(c3)CC(N(C)C)C4)nc12. The van der Waals surface area contributed by atoms with E-state index in [1.165, 1.54) is 22.0 Å². The highest BCUT2D eigenvalue weighted by atomic mass is 35.5. The Morgan fingerprint density at radius 3 is 2.56 bits per heavy atom. The predicted octanol–water partition coefficient (Wildman–Crippen LogP) is 4.82. The van der Waals surface area contributed by atoms with Crippen LogP contribution in [-0.4, -0.2) is 44.8 Å². The van der Waals surface area contributed by atoms with E-state index in [4.69, 9.17) is 23.2 Å². The summed E-state index contributed by atoms with van der Waals surface area (Å²) < 4.78 is 1.24. The molecule has 174 valence electrons. The molecule has 1 aliphatic rings. The molecule has 5 rings (SSSR count). The molecule has 1 aliphatic carbocycles. The topological polar surface area (TPSA) is 75.9 Å². The summed E-state index contributed by atoms with van der Waals surface area (Å²) in [5.74, 6) is 0.416. The highest BCUT2D eigenvalue weighted by molar-refractivity contribution is 6.37. The van der Waals surface area contributed by atoms with Gasteiger partial charge in [-0.1, -0.05) is 42.3 Å². The van der Waals surface area contributed by atoms with E-state index >= 15 is 0 Å². The van der Waals surface area contributed by atoms with E-state index in [-0.39, 0.29) is 5.56 Å². The smallest absolute Gasteiger partial charge is 0.282 e. The number of benzene rings is 2. The minimum atomic E-state index is -0.374. The molecule has 34 heavy (non-hydrogen) atoms. The predicted molar refractivity (Wildman–Crippen MR) is 137 cm³/mol. The summed E-state index contributed by atoms with van der Waals surface area (Å²) in [6, 6.07) is 12.0. The molecule has 7 nitrogen and oxygen atoms in total. The summed E-state index contributed by atoms with van der Waals surface area (Å²) in [5.41, 5.74) is 4.77. The lowest BCUT2D eigenvalue weighted by atomic mass is 10.1. The second-order valence-electron chi connectivity index (χ2n) is 8.68. The first kappa shape index (κ1) is 22.8. The fourth-order valence-corrected chi connectivity index (χ4v) is 4.95. The molecule has 2 aromatic carbocycles. The first-order valence-electron chi connectivity index (χ1n) is 11.1. The van der Waals surface area contributed by atoms with Crippen LogP contribution < -0.4 is 10.9 Å². The molecule has 0 aliphatic heterocycles. The summed E-state index contributed by atoms with van der Waals surface area (Å²) >= 11 is 12.7. The molecule has 0 radical (unpaired) electrons. The van der Waals surface area contributed by atoms with E-state index < -0.39 is 0 Å². The molecule has 0 saturated heterocycles. The van der Waals surface area contributed by atoms with E-state index in [0.717, 1.165) is 18.5 Å². The Bertz CT molecular complexity index is 1450. The van der Waals surface area contributed by atoms with Crippen LogP contribution in [0, 0.1) is 0 Å². The number of para-hydroxylation sites is 1.